The molecule has 0 aromatic heterocycles. The fraction of sp³-hybridized carbons (Fsp3) is 0.467. The quantitative estimate of drug-likeness (QED) is 0.537. The minimum Gasteiger partial charge on any atom is -0.747 e. The molecule has 0 saturated heterocycles. The number of rotatable bonds is 2. The maximum absolute atomic E-state index is 11.6. The predicted octanol–water partition coefficient (Wildman–Crippen LogP) is 0.0931. The predicted molar refractivity (Wildman–Crippen MR) is 75.6 cm³/mol. The van der Waals surface area contributed by atoms with Crippen LogP contribution in [0, 0.1) is 5.92 Å². The van der Waals surface area contributed by atoms with Crippen LogP contribution >= 0.6 is 0 Å². The number of hydrogen-bond donors (Lipinski definition) is 0. The first-order valence-electron chi connectivity index (χ1n) is 6.44. The summed E-state index contributed by atoms with van der Waals surface area (Å²) in [6.07, 6.45) is 8.00. The molecule has 0 spiro atoms. The summed E-state index contributed by atoms with van der Waals surface area (Å²) in [5.74, 6) is 0.287. The van der Waals surface area contributed by atoms with Crippen LogP contribution < -0.4 is 29.6 Å². The smallest absolute Gasteiger partial charge is 0.747 e. The van der Waals surface area contributed by atoms with Crippen LogP contribution in [-0.2, 0) is 10.1 Å². The van der Waals surface area contributed by atoms with Crippen LogP contribution in [0.1, 0.15) is 34.1 Å². The average molecular weight is 302 g/mol. The van der Waals surface area contributed by atoms with Crippen molar-refractivity contribution < 1.29 is 42.5 Å². The molecule has 0 fully saturated rings. The minimum atomic E-state index is -4.39. The van der Waals surface area contributed by atoms with Crippen molar-refractivity contribution in [3.8, 4) is 0 Å². The molecular weight excluding hydrogens is 283 g/mol. The Hall–Kier alpha value is -0.130. The van der Waals surface area contributed by atoms with E-state index in [9.17, 15) is 13.0 Å². The van der Waals surface area contributed by atoms with Gasteiger partial charge in [0.25, 0.3) is 0 Å². The molecule has 1 atom stereocenters. The molecule has 0 aromatic rings. The topological polar surface area (TPSA) is 57.2 Å². The van der Waals surface area contributed by atoms with Crippen molar-refractivity contribution in [1.82, 2.24) is 0 Å². The second kappa shape index (κ2) is 5.93. The van der Waals surface area contributed by atoms with Gasteiger partial charge >= 0.3 is 29.6 Å². The van der Waals surface area contributed by atoms with E-state index in [1.54, 1.807) is 0 Å². The van der Waals surface area contributed by atoms with Crippen LogP contribution in [0.4, 0.5) is 0 Å². The Morgan fingerprint density at radius 1 is 1.30 bits per heavy atom. The zero-order valence-corrected chi connectivity index (χ0v) is 15.5. The second-order valence-corrected chi connectivity index (χ2v) is 7.55. The Morgan fingerprint density at radius 2 is 1.90 bits per heavy atom. The molecule has 0 radical (unpaired) electrons. The second-order valence-electron chi connectivity index (χ2n) is 5.74. The van der Waals surface area contributed by atoms with Crippen LogP contribution in [0.3, 0.4) is 0 Å². The molecule has 3 nitrogen and oxygen atoms in total. The Bertz CT molecular complexity index is 636. The van der Waals surface area contributed by atoms with Gasteiger partial charge in [0.1, 0.15) is 10.1 Å². The molecule has 20 heavy (non-hydrogen) atoms. The summed E-state index contributed by atoms with van der Waals surface area (Å²) in [7, 11) is -4.39. The van der Waals surface area contributed by atoms with Crippen LogP contribution in [0.2, 0.25) is 0 Å². The van der Waals surface area contributed by atoms with Crippen molar-refractivity contribution in [3.63, 3.8) is 0 Å². The first-order valence-corrected chi connectivity index (χ1v) is 7.84. The first kappa shape index (κ1) is 17.9. The third kappa shape index (κ3) is 2.90. The first-order chi connectivity index (χ1) is 8.67. The van der Waals surface area contributed by atoms with Gasteiger partial charge in [0.15, 0.2) is 0 Å². The summed E-state index contributed by atoms with van der Waals surface area (Å²) in [6.45, 7) is 7.58. The van der Waals surface area contributed by atoms with E-state index in [1.165, 1.54) is 6.92 Å². The summed E-state index contributed by atoms with van der Waals surface area (Å²) in [5.41, 5.74) is 3.60. The van der Waals surface area contributed by atoms with E-state index < -0.39 is 14.9 Å². The largest absolute Gasteiger partial charge is 1.00 e. The monoisotopic (exact) mass is 302 g/mol. The van der Waals surface area contributed by atoms with Gasteiger partial charge < -0.3 is 4.55 Å². The number of allylic oxidation sites excluding steroid dienone is 7. The molecule has 1 unspecified atom stereocenters. The van der Waals surface area contributed by atoms with Crippen LogP contribution in [-0.4, -0.2) is 17.7 Å². The van der Waals surface area contributed by atoms with Gasteiger partial charge in [-0.2, -0.15) is 0 Å². The molecule has 5 heteroatoms. The average Bonchev–Trinajstić information content (AvgIpc) is 2.51. The summed E-state index contributed by atoms with van der Waals surface area (Å²) >= 11 is 0. The molecular formula is C15H19NaO3S. The molecule has 2 aliphatic carbocycles. The summed E-state index contributed by atoms with van der Waals surface area (Å²) in [6, 6.07) is 0. The fourth-order valence-corrected chi connectivity index (χ4v) is 3.25. The van der Waals surface area contributed by atoms with E-state index in [-0.39, 0.29) is 41.9 Å². The Labute approximate surface area is 143 Å². The van der Waals surface area contributed by atoms with E-state index >= 15 is 0 Å². The standard InChI is InChI=1S/C15H20O3S.Na/c1-10(2)12-6-5-11(3)13-7-8-15(4,14(13)9-12)19(16,17)18;/h5-7,9-10H,8H2,1-4H3,(H,16,17,18);/q;+1/p-1. The van der Waals surface area contributed by atoms with Crippen molar-refractivity contribution in [3.05, 3.63) is 46.6 Å². The molecule has 0 aromatic carbocycles. The molecule has 0 saturated carbocycles. The molecule has 0 heterocycles. The number of fused-ring (bicyclic) bond motifs is 1. The van der Waals surface area contributed by atoms with E-state index in [0.29, 0.717) is 5.57 Å². The van der Waals surface area contributed by atoms with Gasteiger partial charge in [0.05, 0.1) is 4.75 Å². The van der Waals surface area contributed by atoms with Gasteiger partial charge in [-0.05, 0) is 48.5 Å². The normalized spacial score (nSPS) is 25.9. The molecule has 0 aliphatic heterocycles. The zero-order valence-electron chi connectivity index (χ0n) is 12.7. The molecule has 0 amide bonds. The molecule has 2 aliphatic rings. The van der Waals surface area contributed by atoms with Crippen molar-refractivity contribution in [2.24, 2.45) is 5.92 Å². The zero-order chi connectivity index (χ0) is 14.4. The molecule has 2 rings (SSSR count). The maximum Gasteiger partial charge on any atom is 1.00 e. The van der Waals surface area contributed by atoms with Crippen molar-refractivity contribution >= 4 is 10.1 Å². The van der Waals surface area contributed by atoms with Gasteiger partial charge in [-0.25, -0.2) is 8.42 Å². The summed E-state index contributed by atoms with van der Waals surface area (Å²) < 4.78 is 33.6. The fourth-order valence-electron chi connectivity index (χ4n) is 2.53. The third-order valence-electron chi connectivity index (χ3n) is 4.04. The summed E-state index contributed by atoms with van der Waals surface area (Å²) in [4.78, 5) is 0. The van der Waals surface area contributed by atoms with Gasteiger partial charge in [0.2, 0.25) is 0 Å². The van der Waals surface area contributed by atoms with E-state index in [1.807, 2.05) is 31.2 Å². The van der Waals surface area contributed by atoms with Crippen LogP contribution in [0.25, 0.3) is 0 Å². The van der Waals surface area contributed by atoms with Crippen molar-refractivity contribution in [2.45, 2.75) is 38.9 Å². The minimum absolute atomic E-state index is 0. The SMILES string of the molecule is CC1=CC=C(C(C)C)C=C2C1=CCC2(C)S(=O)(=O)[O-].[Na+]. The van der Waals surface area contributed by atoms with E-state index in [4.69, 9.17) is 0 Å². The molecule has 104 valence electrons. The molecule has 0 bridgehead atoms. The number of hydrogen-bond acceptors (Lipinski definition) is 3. The van der Waals surface area contributed by atoms with E-state index in [2.05, 4.69) is 13.8 Å². The Balaban J connectivity index is 0.00000200. The van der Waals surface area contributed by atoms with Gasteiger partial charge in [-0.3, -0.25) is 0 Å². The molecule has 0 N–H and O–H groups in total. The van der Waals surface area contributed by atoms with Crippen molar-refractivity contribution in [2.75, 3.05) is 0 Å². The van der Waals surface area contributed by atoms with Gasteiger partial charge in [-0.1, -0.05) is 38.2 Å². The van der Waals surface area contributed by atoms with Gasteiger partial charge in [-0.15, -0.1) is 0 Å². The third-order valence-corrected chi connectivity index (χ3v) is 5.53. The van der Waals surface area contributed by atoms with E-state index in [0.717, 1.165) is 16.7 Å². The van der Waals surface area contributed by atoms with Crippen LogP contribution in [0.5, 0.6) is 0 Å². The summed E-state index contributed by atoms with van der Waals surface area (Å²) in [5, 5.41) is 0. The Kier molecular flexibility index (Phi) is 5.32. The Morgan fingerprint density at radius 3 is 2.40 bits per heavy atom. The maximum atomic E-state index is 11.6. The van der Waals surface area contributed by atoms with Gasteiger partial charge in [0, 0.05) is 0 Å². The van der Waals surface area contributed by atoms with Crippen molar-refractivity contribution in [1.29, 1.82) is 0 Å². The van der Waals surface area contributed by atoms with Crippen LogP contribution in [0.15, 0.2) is 46.6 Å².